The van der Waals surface area contributed by atoms with Gasteiger partial charge in [0.05, 0.1) is 11.1 Å². The molecule has 2 aliphatic rings. The van der Waals surface area contributed by atoms with Gasteiger partial charge in [0.15, 0.2) is 6.10 Å². The second kappa shape index (κ2) is 28.2. The van der Waals surface area contributed by atoms with Gasteiger partial charge in [-0.1, -0.05) is 223 Å². The highest BCUT2D eigenvalue weighted by molar-refractivity contribution is 5.90. The summed E-state index contributed by atoms with van der Waals surface area (Å²) in [4.78, 5) is 26.5. The number of unbranched alkanes of at least 4 members (excludes halogenated alkanes) is 10. The zero-order valence-corrected chi connectivity index (χ0v) is 38.0. The zero-order chi connectivity index (χ0) is 42.0. The van der Waals surface area contributed by atoms with Crippen molar-refractivity contribution < 1.29 is 19.1 Å². The molecule has 330 valence electrons. The Morgan fingerprint density at radius 1 is 0.467 bits per heavy atom. The number of ether oxygens (including phenoxy) is 2. The number of carbonyl (C=O) groups is 2. The molecule has 0 amide bonds. The number of carbonyl (C=O) groups excluding carboxylic acids is 2. The second-order valence-electron chi connectivity index (χ2n) is 19.0. The lowest BCUT2D eigenvalue weighted by molar-refractivity contribution is -0.00133. The van der Waals surface area contributed by atoms with Crippen LogP contribution in [0.3, 0.4) is 0 Å². The smallest absolute Gasteiger partial charge is 0.338 e. The minimum absolute atomic E-state index is 0.0456. The Morgan fingerprint density at radius 3 is 1.27 bits per heavy atom. The summed E-state index contributed by atoms with van der Waals surface area (Å²) in [6.45, 7) is 4.54. The van der Waals surface area contributed by atoms with Crippen LogP contribution in [0, 0.1) is 23.7 Å². The van der Waals surface area contributed by atoms with E-state index in [0.29, 0.717) is 11.1 Å². The van der Waals surface area contributed by atoms with E-state index in [1.54, 1.807) is 0 Å². The van der Waals surface area contributed by atoms with Crippen LogP contribution in [-0.4, -0.2) is 18.5 Å². The molecule has 1 atom stereocenters. The van der Waals surface area contributed by atoms with Crippen molar-refractivity contribution in [3.8, 4) is 0 Å². The molecule has 0 N–H and O–H groups in total. The predicted octanol–water partition coefficient (Wildman–Crippen LogP) is 16.2. The standard InChI is InChI=1S/C56H82O4/c1-3-5-7-9-12-20-45-28-32-47(33-29-45)22-16-18-24-49-36-40-52(41-37-49)55(57)59-44-54(51-26-14-11-15-27-51)60-56(58)53-42-38-50(39-43-53)25-19-17-23-48-34-30-46(31-35-48)21-13-10-8-6-4-2/h11,14-15,26-27,36-43,45-48,54H,3-10,12-13,16-25,28-35,44H2,1-2H3. The monoisotopic (exact) mass is 819 g/mol. The van der Waals surface area contributed by atoms with Gasteiger partial charge in [0.25, 0.3) is 0 Å². The van der Waals surface area contributed by atoms with Crippen molar-refractivity contribution in [3.05, 3.63) is 107 Å². The molecule has 0 bridgehead atoms. The Morgan fingerprint density at radius 2 is 0.850 bits per heavy atom. The van der Waals surface area contributed by atoms with Crippen LogP contribution in [0.25, 0.3) is 0 Å². The van der Waals surface area contributed by atoms with Crippen molar-refractivity contribution >= 4 is 11.9 Å². The number of benzene rings is 3. The molecule has 2 aliphatic carbocycles. The average Bonchev–Trinajstić information content (AvgIpc) is 3.29. The van der Waals surface area contributed by atoms with Gasteiger partial charge >= 0.3 is 11.9 Å². The zero-order valence-electron chi connectivity index (χ0n) is 38.0. The van der Waals surface area contributed by atoms with Gasteiger partial charge < -0.3 is 9.47 Å². The van der Waals surface area contributed by atoms with Crippen molar-refractivity contribution in [1.29, 1.82) is 0 Å². The van der Waals surface area contributed by atoms with E-state index < -0.39 is 18.0 Å². The molecule has 4 nitrogen and oxygen atoms in total. The maximum atomic E-state index is 13.4. The lowest BCUT2D eigenvalue weighted by atomic mass is 9.78. The minimum Gasteiger partial charge on any atom is -0.458 e. The summed E-state index contributed by atoms with van der Waals surface area (Å²) in [7, 11) is 0. The van der Waals surface area contributed by atoms with E-state index in [2.05, 4.69) is 38.1 Å². The molecule has 0 aromatic heterocycles. The fourth-order valence-electron chi connectivity index (χ4n) is 10.1. The van der Waals surface area contributed by atoms with Crippen LogP contribution in [0.4, 0.5) is 0 Å². The van der Waals surface area contributed by atoms with E-state index in [0.717, 1.165) is 42.1 Å². The number of hydrogen-bond acceptors (Lipinski definition) is 4. The van der Waals surface area contributed by atoms with Gasteiger partial charge in [-0.05, 0) is 90.3 Å². The van der Waals surface area contributed by atoms with Gasteiger partial charge in [-0.2, -0.15) is 0 Å². The molecule has 0 aliphatic heterocycles. The van der Waals surface area contributed by atoms with Gasteiger partial charge in [0, 0.05) is 0 Å². The molecule has 3 aromatic carbocycles. The average molecular weight is 819 g/mol. The Labute approximate surface area is 366 Å². The number of esters is 2. The summed E-state index contributed by atoms with van der Waals surface area (Å²) in [5.41, 5.74) is 4.35. The minimum atomic E-state index is -0.701. The van der Waals surface area contributed by atoms with E-state index in [1.807, 2.05) is 54.6 Å². The second-order valence-corrected chi connectivity index (χ2v) is 19.0. The third-order valence-electron chi connectivity index (χ3n) is 14.2. The third kappa shape index (κ3) is 17.9. The van der Waals surface area contributed by atoms with E-state index in [9.17, 15) is 9.59 Å². The summed E-state index contributed by atoms with van der Waals surface area (Å²) in [6, 6.07) is 25.3. The van der Waals surface area contributed by atoms with Crippen molar-refractivity contribution in [2.45, 2.75) is 200 Å². The molecule has 0 radical (unpaired) electrons. The molecule has 3 aromatic rings. The van der Waals surface area contributed by atoms with Gasteiger partial charge in [0.2, 0.25) is 0 Å². The summed E-state index contributed by atoms with van der Waals surface area (Å²) >= 11 is 0. The predicted molar refractivity (Wildman–Crippen MR) is 251 cm³/mol. The largest absolute Gasteiger partial charge is 0.458 e. The van der Waals surface area contributed by atoms with Crippen molar-refractivity contribution in [1.82, 2.24) is 0 Å². The summed E-state index contributed by atoms with van der Waals surface area (Å²) in [5.74, 6) is 2.97. The topological polar surface area (TPSA) is 52.6 Å². The first-order chi connectivity index (χ1) is 29.5. The van der Waals surface area contributed by atoms with E-state index >= 15 is 0 Å². The maximum Gasteiger partial charge on any atom is 0.338 e. The Hall–Kier alpha value is -3.40. The van der Waals surface area contributed by atoms with Crippen LogP contribution in [0.15, 0.2) is 78.9 Å². The van der Waals surface area contributed by atoms with Crippen LogP contribution in [0.1, 0.15) is 224 Å². The molecule has 5 rings (SSSR count). The molecule has 2 fully saturated rings. The first-order valence-corrected chi connectivity index (χ1v) is 25.1. The first kappa shape index (κ1) is 47.6. The highest BCUT2D eigenvalue weighted by Gasteiger charge is 2.23. The number of rotatable bonds is 28. The SMILES string of the molecule is CCCCCCCC1CCC(CCCCc2ccc(C(=O)OCC(OC(=O)c3ccc(CCCCC4CCC(CCCCCCC)CC4)cc3)c3ccccc3)cc2)CC1. The van der Waals surface area contributed by atoms with Gasteiger partial charge in [-0.3, -0.25) is 0 Å². The molecule has 60 heavy (non-hydrogen) atoms. The van der Waals surface area contributed by atoms with Crippen LogP contribution in [0.2, 0.25) is 0 Å². The molecule has 0 saturated heterocycles. The van der Waals surface area contributed by atoms with E-state index in [-0.39, 0.29) is 6.61 Å². The summed E-state index contributed by atoms with van der Waals surface area (Å²) in [6.07, 6.45) is 37.4. The quantitative estimate of drug-likeness (QED) is 0.0541. The van der Waals surface area contributed by atoms with Crippen LogP contribution >= 0.6 is 0 Å². The van der Waals surface area contributed by atoms with Gasteiger partial charge in [0.1, 0.15) is 6.61 Å². The van der Waals surface area contributed by atoms with Crippen molar-refractivity contribution in [2.24, 2.45) is 23.7 Å². The fraction of sp³-hybridized carbons (Fsp3) is 0.643. The van der Waals surface area contributed by atoms with Crippen LogP contribution in [0.5, 0.6) is 0 Å². The maximum absolute atomic E-state index is 13.4. The Bertz CT molecular complexity index is 1560. The third-order valence-corrected chi connectivity index (χ3v) is 14.2. The Balaban J connectivity index is 0.968. The molecule has 0 spiro atoms. The molecular weight excluding hydrogens is 737 g/mol. The van der Waals surface area contributed by atoms with E-state index in [1.165, 1.54) is 178 Å². The lowest BCUT2D eigenvalue weighted by Crippen LogP contribution is -2.19. The van der Waals surface area contributed by atoms with Crippen molar-refractivity contribution in [3.63, 3.8) is 0 Å². The summed E-state index contributed by atoms with van der Waals surface area (Å²) in [5, 5.41) is 0. The highest BCUT2D eigenvalue weighted by Crippen LogP contribution is 2.36. The fourth-order valence-corrected chi connectivity index (χ4v) is 10.1. The molecule has 4 heteroatoms. The number of hydrogen-bond donors (Lipinski definition) is 0. The molecule has 2 saturated carbocycles. The lowest BCUT2D eigenvalue weighted by Gasteiger charge is -2.28. The van der Waals surface area contributed by atoms with Crippen molar-refractivity contribution in [2.75, 3.05) is 6.61 Å². The first-order valence-electron chi connectivity index (χ1n) is 25.1. The molecular formula is C56H82O4. The normalized spacial score (nSPS) is 19.8. The van der Waals surface area contributed by atoms with Gasteiger partial charge in [-0.25, -0.2) is 9.59 Å². The van der Waals surface area contributed by atoms with Gasteiger partial charge in [-0.15, -0.1) is 0 Å². The molecule has 1 unspecified atom stereocenters. The molecule has 0 heterocycles. The van der Waals surface area contributed by atoms with Crippen LogP contribution in [-0.2, 0) is 22.3 Å². The van der Waals surface area contributed by atoms with E-state index in [4.69, 9.17) is 9.47 Å². The number of aryl methyl sites for hydroxylation is 2. The Kier molecular flexibility index (Phi) is 22.4. The highest BCUT2D eigenvalue weighted by atomic mass is 16.6. The summed E-state index contributed by atoms with van der Waals surface area (Å²) < 4.78 is 11.8. The van der Waals surface area contributed by atoms with Crippen LogP contribution < -0.4 is 0 Å².